The highest BCUT2D eigenvalue weighted by atomic mass is 28.4. The van der Waals surface area contributed by atoms with Crippen LogP contribution in [0.3, 0.4) is 0 Å². The molecule has 39 heavy (non-hydrogen) atoms. The van der Waals surface area contributed by atoms with Gasteiger partial charge in [0.15, 0.2) is 16.6 Å². The zero-order valence-electron chi connectivity index (χ0n) is 26.6. The van der Waals surface area contributed by atoms with Crippen LogP contribution in [-0.2, 0) is 34.3 Å². The molecule has 0 bridgehead atoms. The van der Waals surface area contributed by atoms with Gasteiger partial charge in [0.05, 0.1) is 52.6 Å². The second kappa shape index (κ2) is 16.4. The largest absolute Gasteiger partial charge is 0.465 e. The minimum Gasteiger partial charge on any atom is -0.465 e. The third-order valence-corrected chi connectivity index (χ3v) is 17.1. The van der Waals surface area contributed by atoms with Crippen LogP contribution in [0.2, 0.25) is 36.3 Å². The molecule has 0 aliphatic heterocycles. The first-order chi connectivity index (χ1) is 18.0. The van der Waals surface area contributed by atoms with Crippen molar-refractivity contribution < 1.29 is 27.9 Å². The fraction of sp³-hybridized carbons (Fsp3) is 0.857. The molecule has 0 saturated heterocycles. The Morgan fingerprint density at radius 3 is 1.74 bits per heavy atom. The topological polar surface area (TPSA) is 95.1 Å². The zero-order chi connectivity index (χ0) is 29.7. The SMILES string of the molecule is CCOC(=O)[C@H](Cc1cnc[nH]1)N(CCOCCO[Si](C)(C)C(C)(C)C)CCOCCO[Si](C)(C)C(C)(C)C. The standard InChI is InChI=1S/C28H57N3O6Si2/c1-12-35-26(32)25(21-24-22-29-23-30-24)31(13-15-33-17-19-36-38(8,9)27(2,3)4)14-16-34-18-20-37-39(10,11)28(5,6)7/h22-23,25H,12-21H2,1-11H3,(H,29,30)/t25-/m0/s1. The van der Waals surface area contributed by atoms with Crippen LogP contribution in [0.15, 0.2) is 12.5 Å². The summed E-state index contributed by atoms with van der Waals surface area (Å²) >= 11 is 0. The summed E-state index contributed by atoms with van der Waals surface area (Å²) in [5, 5.41) is 0.331. The van der Waals surface area contributed by atoms with Crippen LogP contribution in [0, 0.1) is 0 Å². The van der Waals surface area contributed by atoms with Crippen molar-refractivity contribution in [1.82, 2.24) is 14.9 Å². The lowest BCUT2D eigenvalue weighted by molar-refractivity contribution is -0.150. The number of carbonyl (C=O) groups is 1. The molecular weight excluding hydrogens is 530 g/mol. The molecule has 0 aromatic carbocycles. The molecule has 0 aliphatic rings. The lowest BCUT2D eigenvalue weighted by Crippen LogP contribution is -2.47. The second-order valence-corrected chi connectivity index (χ2v) is 22.6. The first-order valence-corrected chi connectivity index (χ1v) is 20.1. The molecule has 228 valence electrons. The summed E-state index contributed by atoms with van der Waals surface area (Å²) in [7, 11) is -3.60. The average Bonchev–Trinajstić information content (AvgIpc) is 3.32. The van der Waals surface area contributed by atoms with Crippen LogP contribution in [0.1, 0.15) is 54.2 Å². The summed E-state index contributed by atoms with van der Waals surface area (Å²) in [5.74, 6) is -0.255. The fourth-order valence-electron chi connectivity index (χ4n) is 3.34. The molecule has 1 aromatic heterocycles. The zero-order valence-corrected chi connectivity index (χ0v) is 28.6. The van der Waals surface area contributed by atoms with Gasteiger partial charge < -0.3 is 28.0 Å². The number of aromatic amines is 1. The molecule has 1 N–H and O–H groups in total. The summed E-state index contributed by atoms with van der Waals surface area (Å²) in [4.78, 5) is 22.3. The quantitative estimate of drug-likeness (QED) is 0.133. The van der Waals surface area contributed by atoms with E-state index >= 15 is 0 Å². The number of rotatable bonds is 19. The van der Waals surface area contributed by atoms with Gasteiger partial charge in [-0.1, -0.05) is 41.5 Å². The Morgan fingerprint density at radius 2 is 1.36 bits per heavy atom. The van der Waals surface area contributed by atoms with E-state index in [9.17, 15) is 4.79 Å². The Kier molecular flexibility index (Phi) is 15.1. The molecule has 0 saturated carbocycles. The van der Waals surface area contributed by atoms with Crippen molar-refractivity contribution in [3.8, 4) is 0 Å². The highest BCUT2D eigenvalue weighted by molar-refractivity contribution is 6.74. The molecule has 0 fully saturated rings. The van der Waals surface area contributed by atoms with E-state index in [0.29, 0.717) is 65.8 Å². The number of hydrogen-bond acceptors (Lipinski definition) is 8. The molecule has 1 rings (SSSR count). The van der Waals surface area contributed by atoms with Gasteiger partial charge in [-0.05, 0) is 43.2 Å². The van der Waals surface area contributed by atoms with E-state index in [1.807, 2.05) is 6.92 Å². The lowest BCUT2D eigenvalue weighted by atomic mass is 10.1. The maximum Gasteiger partial charge on any atom is 0.323 e. The molecule has 11 heteroatoms. The summed E-state index contributed by atoms with van der Waals surface area (Å²) in [6.45, 7) is 28.8. The minimum absolute atomic E-state index is 0.166. The van der Waals surface area contributed by atoms with Gasteiger partial charge in [-0.25, -0.2) is 4.98 Å². The molecule has 9 nitrogen and oxygen atoms in total. The number of nitrogens with one attached hydrogen (secondary N) is 1. The van der Waals surface area contributed by atoms with Crippen molar-refractivity contribution in [3.05, 3.63) is 18.2 Å². The van der Waals surface area contributed by atoms with Crippen molar-refractivity contribution in [2.24, 2.45) is 0 Å². The number of nitrogens with zero attached hydrogens (tertiary/aromatic N) is 2. The normalized spacial score (nSPS) is 14.2. The Labute approximate surface area is 239 Å². The monoisotopic (exact) mass is 587 g/mol. The number of carbonyl (C=O) groups excluding carboxylic acids is 1. The average molecular weight is 588 g/mol. The van der Waals surface area contributed by atoms with Crippen LogP contribution in [0.5, 0.6) is 0 Å². The predicted octanol–water partition coefficient (Wildman–Crippen LogP) is 5.26. The third-order valence-electron chi connectivity index (χ3n) is 8.01. The maximum absolute atomic E-state index is 13.0. The van der Waals surface area contributed by atoms with E-state index in [4.69, 9.17) is 23.1 Å². The fourth-order valence-corrected chi connectivity index (χ4v) is 5.39. The van der Waals surface area contributed by atoms with Crippen molar-refractivity contribution >= 4 is 22.6 Å². The third kappa shape index (κ3) is 13.0. The van der Waals surface area contributed by atoms with Crippen LogP contribution >= 0.6 is 0 Å². The molecule has 1 aromatic rings. The Bertz CT molecular complexity index is 769. The van der Waals surface area contributed by atoms with Gasteiger partial charge in [-0.3, -0.25) is 9.69 Å². The maximum atomic E-state index is 13.0. The van der Waals surface area contributed by atoms with Crippen molar-refractivity contribution in [2.75, 3.05) is 59.3 Å². The molecule has 1 atom stereocenters. The Balaban J connectivity index is 2.70. The molecule has 0 amide bonds. The number of esters is 1. The number of ether oxygens (including phenoxy) is 3. The second-order valence-electron chi connectivity index (χ2n) is 13.0. The molecule has 0 spiro atoms. The highest BCUT2D eigenvalue weighted by Gasteiger charge is 2.37. The van der Waals surface area contributed by atoms with Crippen LogP contribution in [-0.4, -0.2) is 103 Å². The van der Waals surface area contributed by atoms with Gasteiger partial charge in [-0.15, -0.1) is 0 Å². The Hall–Kier alpha value is -1.09. The van der Waals surface area contributed by atoms with Gasteiger partial charge in [0, 0.05) is 31.4 Å². The van der Waals surface area contributed by atoms with Crippen molar-refractivity contribution in [3.63, 3.8) is 0 Å². The molecule has 0 unspecified atom stereocenters. The smallest absolute Gasteiger partial charge is 0.323 e. The first kappa shape index (κ1) is 35.9. The van der Waals surface area contributed by atoms with Crippen molar-refractivity contribution in [2.45, 2.75) is 97.2 Å². The summed E-state index contributed by atoms with van der Waals surface area (Å²) in [6.07, 6.45) is 3.84. The predicted molar refractivity (Wildman–Crippen MR) is 162 cm³/mol. The van der Waals surface area contributed by atoms with E-state index in [2.05, 4.69) is 82.6 Å². The van der Waals surface area contributed by atoms with Gasteiger partial charge in [0.1, 0.15) is 6.04 Å². The number of hydrogen-bond donors (Lipinski definition) is 1. The Morgan fingerprint density at radius 1 is 0.872 bits per heavy atom. The van der Waals surface area contributed by atoms with E-state index in [1.165, 1.54) is 0 Å². The van der Waals surface area contributed by atoms with E-state index in [0.717, 1.165) is 5.69 Å². The molecule has 1 heterocycles. The van der Waals surface area contributed by atoms with E-state index in [-0.39, 0.29) is 16.0 Å². The minimum atomic E-state index is -1.80. The lowest BCUT2D eigenvalue weighted by Gasteiger charge is -2.36. The van der Waals surface area contributed by atoms with Crippen LogP contribution in [0.4, 0.5) is 0 Å². The van der Waals surface area contributed by atoms with Gasteiger partial charge in [0.2, 0.25) is 0 Å². The molecule has 0 aliphatic carbocycles. The first-order valence-electron chi connectivity index (χ1n) is 14.3. The van der Waals surface area contributed by atoms with Crippen LogP contribution < -0.4 is 0 Å². The number of imidazole rings is 1. The van der Waals surface area contributed by atoms with E-state index < -0.39 is 22.7 Å². The summed E-state index contributed by atoms with van der Waals surface area (Å²) < 4.78 is 29.8. The summed E-state index contributed by atoms with van der Waals surface area (Å²) in [6, 6.07) is -0.468. The van der Waals surface area contributed by atoms with Gasteiger partial charge in [-0.2, -0.15) is 0 Å². The van der Waals surface area contributed by atoms with Crippen LogP contribution in [0.25, 0.3) is 0 Å². The summed E-state index contributed by atoms with van der Waals surface area (Å²) in [5.41, 5.74) is 0.880. The van der Waals surface area contributed by atoms with Gasteiger partial charge in [0.25, 0.3) is 0 Å². The number of aromatic nitrogens is 2. The number of H-pyrrole nitrogens is 1. The highest BCUT2D eigenvalue weighted by Crippen LogP contribution is 2.37. The molecular formula is C28H57N3O6Si2. The van der Waals surface area contributed by atoms with Gasteiger partial charge >= 0.3 is 5.97 Å². The molecule has 0 radical (unpaired) electrons. The van der Waals surface area contributed by atoms with Crippen molar-refractivity contribution in [1.29, 1.82) is 0 Å². The van der Waals surface area contributed by atoms with E-state index in [1.54, 1.807) is 12.5 Å².